The topological polar surface area (TPSA) is 26.0 Å². The number of rotatable bonds is 27. The monoisotopic (exact) mass is 466 g/mol. The van der Waals surface area contributed by atoms with E-state index in [-0.39, 0.29) is 5.54 Å². The van der Waals surface area contributed by atoms with E-state index in [0.717, 1.165) is 5.92 Å². The lowest BCUT2D eigenvalue weighted by molar-refractivity contribution is 0.199. The minimum Gasteiger partial charge on any atom is -0.325 e. The normalized spacial score (nSPS) is 14.5. The molecule has 0 aromatic carbocycles. The van der Waals surface area contributed by atoms with Crippen LogP contribution in [0.25, 0.3) is 0 Å². The summed E-state index contributed by atoms with van der Waals surface area (Å²) < 4.78 is 0. The van der Waals surface area contributed by atoms with Gasteiger partial charge in [0.15, 0.2) is 0 Å². The SMILES string of the molecule is CCCCCCCCCCCCC(N)(CCCCCCCC)C(CC)CCCCCCCC. The highest BCUT2D eigenvalue weighted by atomic mass is 14.8. The molecule has 0 aliphatic heterocycles. The lowest BCUT2D eigenvalue weighted by Crippen LogP contribution is -2.47. The maximum atomic E-state index is 7.27. The van der Waals surface area contributed by atoms with E-state index in [0.29, 0.717) is 0 Å². The van der Waals surface area contributed by atoms with Gasteiger partial charge in [-0.2, -0.15) is 0 Å². The molecule has 0 radical (unpaired) electrons. The van der Waals surface area contributed by atoms with Gasteiger partial charge in [0, 0.05) is 5.54 Å². The second-order valence-electron chi connectivity index (χ2n) is 11.3. The quantitative estimate of drug-likeness (QED) is 0.120. The van der Waals surface area contributed by atoms with E-state index < -0.39 is 0 Å². The summed E-state index contributed by atoms with van der Waals surface area (Å²) >= 11 is 0. The van der Waals surface area contributed by atoms with Crippen LogP contribution in [0.4, 0.5) is 0 Å². The van der Waals surface area contributed by atoms with Gasteiger partial charge in [0.2, 0.25) is 0 Å². The number of hydrogen-bond donors (Lipinski definition) is 1. The van der Waals surface area contributed by atoms with E-state index in [1.165, 1.54) is 167 Å². The molecule has 0 spiro atoms. The fourth-order valence-electron chi connectivity index (χ4n) is 5.78. The molecule has 33 heavy (non-hydrogen) atoms. The van der Waals surface area contributed by atoms with Crippen LogP contribution in [0.15, 0.2) is 0 Å². The molecule has 0 fully saturated rings. The van der Waals surface area contributed by atoms with Crippen LogP contribution in [0.1, 0.15) is 195 Å². The van der Waals surface area contributed by atoms with Crippen molar-refractivity contribution in [2.45, 2.75) is 200 Å². The molecule has 0 aromatic rings. The number of unbranched alkanes of at least 4 members (excludes halogenated alkanes) is 19. The maximum absolute atomic E-state index is 7.27. The Balaban J connectivity index is 4.36. The Morgan fingerprint density at radius 1 is 0.424 bits per heavy atom. The molecule has 200 valence electrons. The van der Waals surface area contributed by atoms with Gasteiger partial charge in [0.1, 0.15) is 0 Å². The minimum absolute atomic E-state index is 0.100. The molecule has 0 aliphatic carbocycles. The summed E-state index contributed by atoms with van der Waals surface area (Å²) in [5.74, 6) is 0.734. The van der Waals surface area contributed by atoms with Crippen molar-refractivity contribution in [2.24, 2.45) is 11.7 Å². The van der Waals surface area contributed by atoms with Crippen LogP contribution in [0, 0.1) is 5.92 Å². The van der Waals surface area contributed by atoms with Gasteiger partial charge in [-0.05, 0) is 25.2 Å². The highest BCUT2D eigenvalue weighted by molar-refractivity contribution is 4.90. The molecule has 2 unspecified atom stereocenters. The van der Waals surface area contributed by atoms with E-state index in [1.54, 1.807) is 0 Å². The van der Waals surface area contributed by atoms with Gasteiger partial charge in [0.05, 0.1) is 0 Å². The fraction of sp³-hybridized carbons (Fsp3) is 1.00. The van der Waals surface area contributed by atoms with Gasteiger partial charge in [-0.15, -0.1) is 0 Å². The van der Waals surface area contributed by atoms with Crippen LogP contribution >= 0.6 is 0 Å². The standard InChI is InChI=1S/C32H67N/c1-5-9-12-15-18-19-20-21-24-27-30-32(33,29-26-23-17-14-11-7-3)31(8-4)28-25-22-16-13-10-6-2/h31H,5-30,33H2,1-4H3. The van der Waals surface area contributed by atoms with Gasteiger partial charge in [-0.3, -0.25) is 0 Å². The van der Waals surface area contributed by atoms with Crippen molar-refractivity contribution in [1.29, 1.82) is 0 Å². The molecule has 1 heteroatoms. The Kier molecular flexibility index (Phi) is 25.0. The van der Waals surface area contributed by atoms with E-state index in [9.17, 15) is 0 Å². The van der Waals surface area contributed by atoms with Gasteiger partial charge in [-0.25, -0.2) is 0 Å². The van der Waals surface area contributed by atoms with Crippen LogP contribution in [0.2, 0.25) is 0 Å². The van der Waals surface area contributed by atoms with Crippen molar-refractivity contribution in [1.82, 2.24) is 0 Å². The predicted molar refractivity (Wildman–Crippen MR) is 153 cm³/mol. The number of nitrogens with two attached hydrogens (primary N) is 1. The van der Waals surface area contributed by atoms with E-state index in [4.69, 9.17) is 5.73 Å². The average Bonchev–Trinajstić information content (AvgIpc) is 2.82. The zero-order chi connectivity index (χ0) is 24.5. The Bertz CT molecular complexity index is 366. The third-order valence-electron chi connectivity index (χ3n) is 8.20. The molecule has 0 saturated heterocycles. The number of hydrogen-bond acceptors (Lipinski definition) is 1. The van der Waals surface area contributed by atoms with Gasteiger partial charge >= 0.3 is 0 Å². The zero-order valence-electron chi connectivity index (χ0n) is 24.0. The van der Waals surface area contributed by atoms with Gasteiger partial charge in [-0.1, -0.05) is 175 Å². The van der Waals surface area contributed by atoms with Crippen LogP contribution in [0.3, 0.4) is 0 Å². The molecular formula is C32H67N. The van der Waals surface area contributed by atoms with Gasteiger partial charge < -0.3 is 5.73 Å². The predicted octanol–water partition coefficient (Wildman–Crippen LogP) is 11.5. The summed E-state index contributed by atoms with van der Waals surface area (Å²) in [5.41, 5.74) is 7.37. The van der Waals surface area contributed by atoms with Crippen molar-refractivity contribution in [3.8, 4) is 0 Å². The van der Waals surface area contributed by atoms with Crippen LogP contribution < -0.4 is 5.73 Å². The summed E-state index contributed by atoms with van der Waals surface area (Å²) in [4.78, 5) is 0. The van der Waals surface area contributed by atoms with Crippen molar-refractivity contribution in [2.75, 3.05) is 0 Å². The molecule has 0 rings (SSSR count). The second kappa shape index (κ2) is 25.1. The average molecular weight is 466 g/mol. The van der Waals surface area contributed by atoms with E-state index >= 15 is 0 Å². The first kappa shape index (κ1) is 33.0. The maximum Gasteiger partial charge on any atom is 0.0182 e. The van der Waals surface area contributed by atoms with Crippen molar-refractivity contribution in [3.05, 3.63) is 0 Å². The summed E-state index contributed by atoms with van der Waals surface area (Å²) in [6.45, 7) is 9.33. The van der Waals surface area contributed by atoms with E-state index in [2.05, 4.69) is 27.7 Å². The minimum atomic E-state index is 0.100. The lowest BCUT2D eigenvalue weighted by Gasteiger charge is -2.38. The fourth-order valence-corrected chi connectivity index (χ4v) is 5.78. The third-order valence-corrected chi connectivity index (χ3v) is 8.20. The van der Waals surface area contributed by atoms with Crippen LogP contribution in [-0.4, -0.2) is 5.54 Å². The first-order chi connectivity index (χ1) is 16.1. The largest absolute Gasteiger partial charge is 0.325 e. The van der Waals surface area contributed by atoms with Crippen LogP contribution in [0.5, 0.6) is 0 Å². The molecule has 0 aromatic heterocycles. The summed E-state index contributed by atoms with van der Waals surface area (Å²) in [7, 11) is 0. The Hall–Kier alpha value is -0.0400. The first-order valence-corrected chi connectivity index (χ1v) is 15.9. The summed E-state index contributed by atoms with van der Waals surface area (Å²) in [6.07, 6.45) is 36.1. The smallest absolute Gasteiger partial charge is 0.0182 e. The van der Waals surface area contributed by atoms with Gasteiger partial charge in [0.25, 0.3) is 0 Å². The molecule has 0 aliphatic rings. The summed E-state index contributed by atoms with van der Waals surface area (Å²) in [5, 5.41) is 0. The molecule has 0 amide bonds. The molecule has 2 atom stereocenters. The van der Waals surface area contributed by atoms with Crippen molar-refractivity contribution < 1.29 is 0 Å². The molecule has 0 heterocycles. The molecule has 0 saturated carbocycles. The van der Waals surface area contributed by atoms with E-state index in [1.807, 2.05) is 0 Å². The zero-order valence-corrected chi connectivity index (χ0v) is 24.0. The molecular weight excluding hydrogens is 398 g/mol. The Morgan fingerprint density at radius 2 is 0.727 bits per heavy atom. The van der Waals surface area contributed by atoms with Crippen molar-refractivity contribution in [3.63, 3.8) is 0 Å². The highest BCUT2D eigenvalue weighted by Gasteiger charge is 2.32. The first-order valence-electron chi connectivity index (χ1n) is 15.9. The van der Waals surface area contributed by atoms with Crippen molar-refractivity contribution >= 4 is 0 Å². The Labute approximate surface area is 211 Å². The van der Waals surface area contributed by atoms with Crippen LogP contribution in [-0.2, 0) is 0 Å². The molecule has 1 nitrogen and oxygen atoms in total. The summed E-state index contributed by atoms with van der Waals surface area (Å²) in [6, 6.07) is 0. The molecule has 0 bridgehead atoms. The lowest BCUT2D eigenvalue weighted by atomic mass is 9.73. The third kappa shape index (κ3) is 19.9. The second-order valence-corrected chi connectivity index (χ2v) is 11.3. The highest BCUT2D eigenvalue weighted by Crippen LogP contribution is 2.34. The Morgan fingerprint density at radius 3 is 1.06 bits per heavy atom. The molecule has 2 N–H and O–H groups in total.